The van der Waals surface area contributed by atoms with E-state index < -0.39 is 60.7 Å². The summed E-state index contributed by atoms with van der Waals surface area (Å²) in [5, 5.41) is 5.10. The van der Waals surface area contributed by atoms with E-state index in [-0.39, 0.29) is 5.56 Å². The monoisotopic (exact) mass is 399 g/mol. The van der Waals surface area contributed by atoms with Crippen LogP contribution in [0.4, 0.5) is 22.0 Å². The first kappa shape index (κ1) is 19.0. The highest BCUT2D eigenvalue weighted by atomic mass is 32.2. The summed E-state index contributed by atoms with van der Waals surface area (Å²) in [4.78, 5) is -0.613. The molecule has 0 unspecified atom stereocenters. The van der Waals surface area contributed by atoms with Gasteiger partial charge in [-0.3, -0.25) is 0 Å². The fourth-order valence-electron chi connectivity index (χ4n) is 2.69. The highest BCUT2D eigenvalue weighted by Gasteiger charge is 2.29. The highest BCUT2D eigenvalue weighted by molar-refractivity contribution is 7.89. The number of sulfonamides is 1. The van der Waals surface area contributed by atoms with E-state index in [1.54, 1.807) is 0 Å². The molecule has 0 saturated carbocycles. The Balaban J connectivity index is 2.50. The topological polar surface area (TPSA) is 60.2 Å². The first-order valence-electron chi connectivity index (χ1n) is 7.37. The molecule has 9 heteroatoms. The van der Waals surface area contributed by atoms with Gasteiger partial charge in [0.2, 0.25) is 10.0 Å². The van der Waals surface area contributed by atoms with E-state index in [4.69, 9.17) is 5.14 Å². The molecular weight excluding hydrogens is 389 g/mol. The van der Waals surface area contributed by atoms with Crippen LogP contribution in [0.5, 0.6) is 0 Å². The van der Waals surface area contributed by atoms with E-state index in [0.29, 0.717) is 0 Å². The lowest BCUT2D eigenvalue weighted by molar-refractivity contribution is 0.412. The number of primary sulfonamides is 1. The van der Waals surface area contributed by atoms with Gasteiger partial charge < -0.3 is 0 Å². The summed E-state index contributed by atoms with van der Waals surface area (Å²) >= 11 is 0. The van der Waals surface area contributed by atoms with Crippen LogP contribution in [0.15, 0.2) is 53.4 Å². The van der Waals surface area contributed by atoms with Crippen LogP contribution in [0.2, 0.25) is 0 Å². The molecule has 0 aliphatic rings. The maximum Gasteiger partial charge on any atom is 0.238 e. The van der Waals surface area contributed by atoms with Crippen molar-refractivity contribution in [1.29, 1.82) is 0 Å². The molecule has 0 saturated heterocycles. The average Bonchev–Trinajstić information content (AvgIpc) is 2.63. The maximum absolute atomic E-state index is 14.6. The Labute approximate surface area is 150 Å². The second-order valence-electron chi connectivity index (χ2n) is 5.55. The quantitative estimate of drug-likeness (QED) is 0.404. The molecule has 3 rings (SSSR count). The average molecular weight is 399 g/mol. The second kappa shape index (κ2) is 6.75. The number of hydrogen-bond acceptors (Lipinski definition) is 2. The fraction of sp³-hybridized carbons (Fsp3) is 0. The summed E-state index contributed by atoms with van der Waals surface area (Å²) in [6, 6.07) is 8.50. The Kier molecular flexibility index (Phi) is 4.75. The fourth-order valence-corrected chi connectivity index (χ4v) is 3.44. The van der Waals surface area contributed by atoms with Gasteiger partial charge in [0.15, 0.2) is 23.3 Å². The summed E-state index contributed by atoms with van der Waals surface area (Å²) in [6.07, 6.45) is 0. The van der Waals surface area contributed by atoms with Crippen LogP contribution in [-0.4, -0.2) is 8.42 Å². The largest absolute Gasteiger partial charge is 0.238 e. The molecule has 0 radical (unpaired) electrons. The van der Waals surface area contributed by atoms with Gasteiger partial charge in [-0.15, -0.1) is 0 Å². The maximum atomic E-state index is 14.6. The third kappa shape index (κ3) is 3.31. The molecule has 0 aromatic heterocycles. The van der Waals surface area contributed by atoms with Crippen molar-refractivity contribution in [3.63, 3.8) is 0 Å². The summed E-state index contributed by atoms with van der Waals surface area (Å²) in [7, 11) is -4.41. The predicted molar refractivity (Wildman–Crippen MR) is 88.5 cm³/mol. The van der Waals surface area contributed by atoms with Gasteiger partial charge in [0.05, 0.1) is 4.90 Å². The summed E-state index contributed by atoms with van der Waals surface area (Å²) in [5.41, 5.74) is -2.26. The number of benzene rings is 3. The van der Waals surface area contributed by atoms with Crippen LogP contribution in [0.25, 0.3) is 22.3 Å². The van der Waals surface area contributed by atoms with Crippen molar-refractivity contribution < 1.29 is 30.4 Å². The van der Waals surface area contributed by atoms with Gasteiger partial charge >= 0.3 is 0 Å². The normalized spacial score (nSPS) is 11.6. The van der Waals surface area contributed by atoms with Crippen molar-refractivity contribution in [3.05, 3.63) is 77.6 Å². The smallest absolute Gasteiger partial charge is 0.225 e. The lowest BCUT2D eigenvalue weighted by Crippen LogP contribution is -2.14. The van der Waals surface area contributed by atoms with Crippen LogP contribution in [0, 0.1) is 29.1 Å². The molecule has 3 aromatic carbocycles. The second-order valence-corrected chi connectivity index (χ2v) is 7.08. The molecule has 0 bridgehead atoms. The molecule has 0 fully saturated rings. The molecule has 0 spiro atoms. The van der Waals surface area contributed by atoms with Crippen LogP contribution in [-0.2, 0) is 10.0 Å². The van der Waals surface area contributed by atoms with Crippen molar-refractivity contribution in [2.75, 3.05) is 0 Å². The third-order valence-corrected chi connectivity index (χ3v) is 4.83. The zero-order valence-corrected chi connectivity index (χ0v) is 14.1. The molecule has 2 N–H and O–H groups in total. The molecule has 0 aliphatic carbocycles. The Morgan fingerprint density at radius 2 is 1.19 bits per heavy atom. The van der Waals surface area contributed by atoms with Crippen LogP contribution in [0.1, 0.15) is 0 Å². The molecule has 27 heavy (non-hydrogen) atoms. The third-order valence-electron chi connectivity index (χ3n) is 3.86. The Morgan fingerprint density at radius 3 is 1.74 bits per heavy atom. The van der Waals surface area contributed by atoms with Crippen molar-refractivity contribution in [3.8, 4) is 22.3 Å². The van der Waals surface area contributed by atoms with Crippen molar-refractivity contribution in [1.82, 2.24) is 0 Å². The number of hydrogen-bond donors (Lipinski definition) is 1. The highest BCUT2D eigenvalue weighted by Crippen LogP contribution is 2.41. The van der Waals surface area contributed by atoms with Crippen LogP contribution in [0.3, 0.4) is 0 Å². The summed E-state index contributed by atoms with van der Waals surface area (Å²) in [6.45, 7) is 0. The SMILES string of the molecule is NS(=O)(=O)c1ccccc1-c1c(F)c(F)c(F)c(F)c1-c1ccc(F)cc1. The van der Waals surface area contributed by atoms with E-state index in [1.807, 2.05) is 0 Å². The van der Waals surface area contributed by atoms with E-state index in [9.17, 15) is 30.4 Å². The van der Waals surface area contributed by atoms with E-state index in [2.05, 4.69) is 0 Å². The minimum absolute atomic E-state index is 0.189. The van der Waals surface area contributed by atoms with Gasteiger partial charge in [-0.2, -0.15) is 0 Å². The van der Waals surface area contributed by atoms with Crippen LogP contribution < -0.4 is 5.14 Å². The zero-order valence-electron chi connectivity index (χ0n) is 13.3. The minimum Gasteiger partial charge on any atom is -0.225 e. The van der Waals surface area contributed by atoms with E-state index in [0.717, 1.165) is 36.4 Å². The number of nitrogens with two attached hydrogens (primary N) is 1. The molecule has 0 aliphatic heterocycles. The molecule has 140 valence electrons. The molecule has 0 amide bonds. The molecular formula is C18H10F5NO2S. The van der Waals surface area contributed by atoms with Gasteiger partial charge in [-0.05, 0) is 23.8 Å². The molecule has 0 heterocycles. The van der Waals surface area contributed by atoms with Crippen molar-refractivity contribution in [2.45, 2.75) is 4.90 Å². The van der Waals surface area contributed by atoms with Gasteiger partial charge in [0.25, 0.3) is 0 Å². The molecule has 3 nitrogen and oxygen atoms in total. The standard InChI is InChI=1S/C18H10F5NO2S/c19-10-7-5-9(6-8-10)13-14(16(21)18(23)17(22)15(13)20)11-3-1-2-4-12(11)27(24,25)26/h1-8H,(H2,24,25,26). The Morgan fingerprint density at radius 1 is 0.667 bits per heavy atom. The van der Waals surface area contributed by atoms with Crippen molar-refractivity contribution >= 4 is 10.0 Å². The predicted octanol–water partition coefficient (Wildman–Crippen LogP) is 4.36. The van der Waals surface area contributed by atoms with Gasteiger partial charge in [0.1, 0.15) is 5.82 Å². The summed E-state index contributed by atoms with van der Waals surface area (Å²) < 4.78 is 93.7. The van der Waals surface area contributed by atoms with E-state index >= 15 is 0 Å². The van der Waals surface area contributed by atoms with Crippen molar-refractivity contribution in [2.24, 2.45) is 5.14 Å². The number of halogens is 5. The Bertz CT molecular complexity index is 1150. The summed E-state index contributed by atoms with van der Waals surface area (Å²) in [5.74, 6) is -8.45. The lowest BCUT2D eigenvalue weighted by Gasteiger charge is -2.16. The van der Waals surface area contributed by atoms with Gasteiger partial charge in [0, 0.05) is 16.7 Å². The van der Waals surface area contributed by atoms with Gasteiger partial charge in [-0.1, -0.05) is 30.3 Å². The first-order valence-corrected chi connectivity index (χ1v) is 8.91. The molecule has 0 atom stereocenters. The lowest BCUT2D eigenvalue weighted by atomic mass is 9.93. The zero-order chi connectivity index (χ0) is 19.9. The van der Waals surface area contributed by atoms with Crippen LogP contribution >= 0.6 is 0 Å². The Hall–Kier alpha value is -2.78. The number of rotatable bonds is 3. The molecule has 3 aromatic rings. The van der Waals surface area contributed by atoms with E-state index in [1.165, 1.54) is 12.1 Å². The van der Waals surface area contributed by atoms with Gasteiger partial charge in [-0.25, -0.2) is 35.5 Å². The minimum atomic E-state index is -4.41. The first-order chi connectivity index (χ1) is 12.6.